The molecule has 2 heterocycles. The molecule has 0 bridgehead atoms. The summed E-state index contributed by atoms with van der Waals surface area (Å²) in [5.41, 5.74) is 4.16. The number of carbonyl (C=O) groups is 1. The molecule has 35 heavy (non-hydrogen) atoms. The lowest BCUT2D eigenvalue weighted by Crippen LogP contribution is -2.45. The Kier molecular flexibility index (Phi) is 7.58. The Labute approximate surface area is 208 Å². The number of likely N-dealkylation sites (tertiary alicyclic amines) is 2. The van der Waals surface area contributed by atoms with Crippen LogP contribution in [-0.4, -0.2) is 41.9 Å². The second kappa shape index (κ2) is 11.2. The van der Waals surface area contributed by atoms with Crippen LogP contribution in [0, 0.1) is 17.7 Å². The molecule has 1 amide bonds. The fourth-order valence-electron chi connectivity index (χ4n) is 5.74. The Balaban J connectivity index is 1.12. The van der Waals surface area contributed by atoms with Gasteiger partial charge in [-0.3, -0.25) is 9.69 Å². The highest BCUT2D eigenvalue weighted by atomic mass is 19.1. The van der Waals surface area contributed by atoms with Crippen LogP contribution in [-0.2, 0) is 17.8 Å². The van der Waals surface area contributed by atoms with Gasteiger partial charge in [-0.05, 0) is 73.9 Å². The normalized spacial score (nSPS) is 18.0. The first-order chi connectivity index (χ1) is 17.2. The molecule has 0 unspecified atom stereocenters. The largest absolute Gasteiger partial charge is 0.342 e. The zero-order valence-electron chi connectivity index (χ0n) is 20.4. The summed E-state index contributed by atoms with van der Waals surface area (Å²) in [5.74, 6) is 0.989. The van der Waals surface area contributed by atoms with E-state index in [1.54, 1.807) is 6.07 Å². The number of benzene rings is 3. The van der Waals surface area contributed by atoms with Crippen LogP contribution in [0.1, 0.15) is 36.8 Å². The summed E-state index contributed by atoms with van der Waals surface area (Å²) >= 11 is 0. The molecule has 2 aliphatic heterocycles. The molecule has 3 nitrogen and oxygen atoms in total. The van der Waals surface area contributed by atoms with Crippen LogP contribution in [0.5, 0.6) is 0 Å². The number of nitrogens with zero attached hydrogens (tertiary/aromatic N) is 2. The van der Waals surface area contributed by atoms with Crippen molar-refractivity contribution < 1.29 is 9.18 Å². The van der Waals surface area contributed by atoms with Crippen LogP contribution in [0.3, 0.4) is 0 Å². The number of rotatable bonds is 6. The Hall–Kier alpha value is -2.98. The Bertz CT molecular complexity index is 1120. The van der Waals surface area contributed by atoms with Crippen LogP contribution in [0.25, 0.3) is 11.1 Å². The molecule has 0 N–H and O–H groups in total. The minimum atomic E-state index is -0.184. The molecule has 0 saturated carbocycles. The molecule has 0 radical (unpaired) electrons. The lowest BCUT2D eigenvalue weighted by atomic mass is 9.88. The summed E-state index contributed by atoms with van der Waals surface area (Å²) in [4.78, 5) is 17.8. The summed E-state index contributed by atoms with van der Waals surface area (Å²) in [6.45, 7) is 4.40. The maximum atomic E-state index is 14.4. The van der Waals surface area contributed by atoms with Crippen LogP contribution in [0.15, 0.2) is 78.9 Å². The SMILES string of the molecule is O=C(C1CCN(Cc2ccccc2-c2ccccc2F)CC1)N1CCC(Cc2ccccc2)CC1. The van der Waals surface area contributed by atoms with E-state index in [-0.39, 0.29) is 11.7 Å². The smallest absolute Gasteiger partial charge is 0.225 e. The topological polar surface area (TPSA) is 23.6 Å². The van der Waals surface area contributed by atoms with E-state index in [0.29, 0.717) is 17.4 Å². The second-order valence-corrected chi connectivity index (χ2v) is 10.1. The number of hydrogen-bond acceptors (Lipinski definition) is 2. The number of amides is 1. The molecular weight excluding hydrogens is 435 g/mol. The van der Waals surface area contributed by atoms with Crippen molar-refractivity contribution in [1.82, 2.24) is 9.80 Å². The molecule has 3 aromatic carbocycles. The molecular formula is C31H35FN2O. The minimum Gasteiger partial charge on any atom is -0.342 e. The number of hydrogen-bond donors (Lipinski definition) is 0. The van der Waals surface area contributed by atoms with Gasteiger partial charge >= 0.3 is 0 Å². The van der Waals surface area contributed by atoms with Crippen molar-refractivity contribution >= 4 is 5.91 Å². The van der Waals surface area contributed by atoms with Crippen molar-refractivity contribution in [3.63, 3.8) is 0 Å². The first kappa shape index (κ1) is 23.7. The zero-order valence-corrected chi connectivity index (χ0v) is 20.4. The van der Waals surface area contributed by atoms with Crippen molar-refractivity contribution in [3.05, 3.63) is 95.8 Å². The lowest BCUT2D eigenvalue weighted by molar-refractivity contribution is -0.138. The fourth-order valence-corrected chi connectivity index (χ4v) is 5.74. The molecule has 182 valence electrons. The van der Waals surface area contributed by atoms with E-state index in [1.165, 1.54) is 11.6 Å². The Morgan fingerprint density at radius 2 is 1.37 bits per heavy atom. The first-order valence-corrected chi connectivity index (χ1v) is 13.1. The molecule has 0 aromatic heterocycles. The Morgan fingerprint density at radius 3 is 2.09 bits per heavy atom. The molecule has 3 aromatic rings. The van der Waals surface area contributed by atoms with Gasteiger partial charge in [0.2, 0.25) is 5.91 Å². The predicted octanol–water partition coefficient (Wildman–Crippen LogP) is 6.19. The van der Waals surface area contributed by atoms with Crippen molar-refractivity contribution in [2.45, 2.75) is 38.6 Å². The summed E-state index contributed by atoms with van der Waals surface area (Å²) in [5, 5.41) is 0. The van der Waals surface area contributed by atoms with Crippen molar-refractivity contribution in [1.29, 1.82) is 0 Å². The molecule has 4 heteroatoms. The van der Waals surface area contributed by atoms with E-state index < -0.39 is 0 Å². The van der Waals surface area contributed by atoms with E-state index in [9.17, 15) is 9.18 Å². The third kappa shape index (κ3) is 5.82. The maximum absolute atomic E-state index is 14.4. The van der Waals surface area contributed by atoms with E-state index >= 15 is 0 Å². The molecule has 2 saturated heterocycles. The number of halogens is 1. The van der Waals surface area contributed by atoms with Gasteiger partial charge < -0.3 is 4.90 Å². The summed E-state index contributed by atoms with van der Waals surface area (Å²) < 4.78 is 14.4. The number of piperidine rings is 2. The average molecular weight is 471 g/mol. The van der Waals surface area contributed by atoms with Crippen molar-refractivity contribution in [3.8, 4) is 11.1 Å². The van der Waals surface area contributed by atoms with Gasteiger partial charge in [0.1, 0.15) is 5.82 Å². The molecule has 0 aliphatic carbocycles. The van der Waals surface area contributed by atoms with E-state index in [1.807, 2.05) is 30.3 Å². The van der Waals surface area contributed by atoms with Crippen LogP contribution in [0.4, 0.5) is 4.39 Å². The highest BCUT2D eigenvalue weighted by Gasteiger charge is 2.31. The van der Waals surface area contributed by atoms with Gasteiger partial charge in [0.15, 0.2) is 0 Å². The van der Waals surface area contributed by atoms with Crippen molar-refractivity contribution in [2.24, 2.45) is 11.8 Å². The standard InChI is InChI=1S/C31H35FN2O/c32-30-13-7-6-12-29(30)28-11-5-4-10-27(28)23-33-18-16-26(17-19-33)31(35)34-20-14-25(15-21-34)22-24-8-2-1-3-9-24/h1-13,25-26H,14-23H2. The highest BCUT2D eigenvalue weighted by molar-refractivity contribution is 5.79. The van der Waals surface area contributed by atoms with E-state index in [0.717, 1.165) is 76.0 Å². The first-order valence-electron chi connectivity index (χ1n) is 13.1. The van der Waals surface area contributed by atoms with Gasteiger partial charge in [-0.25, -0.2) is 4.39 Å². The van der Waals surface area contributed by atoms with E-state index in [4.69, 9.17) is 0 Å². The number of carbonyl (C=O) groups excluding carboxylic acids is 1. The average Bonchev–Trinajstić information content (AvgIpc) is 2.91. The van der Waals surface area contributed by atoms with Crippen LogP contribution in [0.2, 0.25) is 0 Å². The molecule has 2 aliphatic rings. The molecule has 5 rings (SSSR count). The fraction of sp³-hybridized carbons (Fsp3) is 0.387. The second-order valence-electron chi connectivity index (χ2n) is 10.1. The molecule has 0 atom stereocenters. The third-order valence-electron chi connectivity index (χ3n) is 7.81. The van der Waals surface area contributed by atoms with Gasteiger partial charge in [0, 0.05) is 31.1 Å². The minimum absolute atomic E-state index is 0.138. The summed E-state index contributed by atoms with van der Waals surface area (Å²) in [6.07, 6.45) is 5.14. The van der Waals surface area contributed by atoms with Gasteiger partial charge in [-0.2, -0.15) is 0 Å². The van der Waals surface area contributed by atoms with Crippen LogP contribution >= 0.6 is 0 Å². The van der Waals surface area contributed by atoms with Gasteiger partial charge in [-0.15, -0.1) is 0 Å². The Morgan fingerprint density at radius 1 is 0.743 bits per heavy atom. The lowest BCUT2D eigenvalue weighted by Gasteiger charge is -2.37. The van der Waals surface area contributed by atoms with E-state index in [2.05, 4.69) is 46.2 Å². The highest BCUT2D eigenvalue weighted by Crippen LogP contribution is 2.30. The predicted molar refractivity (Wildman–Crippen MR) is 139 cm³/mol. The molecule has 2 fully saturated rings. The quantitative estimate of drug-likeness (QED) is 0.429. The van der Waals surface area contributed by atoms with Gasteiger partial charge in [0.25, 0.3) is 0 Å². The van der Waals surface area contributed by atoms with Gasteiger partial charge in [-0.1, -0.05) is 72.8 Å². The monoisotopic (exact) mass is 470 g/mol. The van der Waals surface area contributed by atoms with Crippen LogP contribution < -0.4 is 0 Å². The molecule has 0 spiro atoms. The zero-order chi connectivity index (χ0) is 24.0. The summed E-state index contributed by atoms with van der Waals surface area (Å²) in [7, 11) is 0. The third-order valence-corrected chi connectivity index (χ3v) is 7.81. The van der Waals surface area contributed by atoms with Crippen molar-refractivity contribution in [2.75, 3.05) is 26.2 Å². The van der Waals surface area contributed by atoms with Gasteiger partial charge in [0.05, 0.1) is 0 Å². The summed E-state index contributed by atoms with van der Waals surface area (Å²) in [6, 6.07) is 25.8. The maximum Gasteiger partial charge on any atom is 0.225 e.